The summed E-state index contributed by atoms with van der Waals surface area (Å²) in [6, 6.07) is 18.2. The molecule has 2 unspecified atom stereocenters. The zero-order valence-corrected chi connectivity index (χ0v) is 14.7. The smallest absolute Gasteiger partial charge is 0.0928 e. The van der Waals surface area contributed by atoms with Gasteiger partial charge in [0.25, 0.3) is 0 Å². The molecule has 1 N–H and O–H groups in total. The number of benzene rings is 2. The molecule has 2 fully saturated rings. The van der Waals surface area contributed by atoms with Crippen molar-refractivity contribution in [2.75, 3.05) is 0 Å². The molecule has 0 saturated carbocycles. The summed E-state index contributed by atoms with van der Waals surface area (Å²) in [6.07, 6.45) is 4.15. The molecule has 0 spiro atoms. The van der Waals surface area contributed by atoms with E-state index in [1.54, 1.807) is 0 Å². The summed E-state index contributed by atoms with van der Waals surface area (Å²) < 4.78 is 0. The summed E-state index contributed by atoms with van der Waals surface area (Å²) >= 11 is 0. The van der Waals surface area contributed by atoms with E-state index in [0.29, 0.717) is 12.1 Å². The Balaban J connectivity index is 1.57. The Morgan fingerprint density at radius 2 is 1.67 bits per heavy atom. The summed E-state index contributed by atoms with van der Waals surface area (Å²) in [4.78, 5) is 2.63. The number of aliphatic hydroxyl groups is 1. The van der Waals surface area contributed by atoms with Crippen LogP contribution in [0.1, 0.15) is 47.9 Å². The fourth-order valence-corrected chi connectivity index (χ4v) is 4.92. The highest BCUT2D eigenvalue weighted by atomic mass is 16.3. The lowest BCUT2D eigenvalue weighted by Crippen LogP contribution is -2.49. The van der Waals surface area contributed by atoms with Crippen molar-refractivity contribution in [1.82, 2.24) is 4.90 Å². The molecule has 2 nitrogen and oxygen atoms in total. The molecule has 2 aliphatic rings. The molecule has 2 bridgehead atoms. The van der Waals surface area contributed by atoms with E-state index in [2.05, 4.69) is 67.3 Å². The molecular formula is C22H27NO. The molecule has 2 aromatic carbocycles. The van der Waals surface area contributed by atoms with E-state index in [0.717, 1.165) is 24.9 Å². The van der Waals surface area contributed by atoms with E-state index in [1.807, 2.05) is 0 Å². The molecule has 0 aromatic heterocycles. The number of piperidine rings is 1. The third kappa shape index (κ3) is 2.78. The topological polar surface area (TPSA) is 23.5 Å². The monoisotopic (exact) mass is 321 g/mol. The molecule has 2 aromatic rings. The molecule has 2 heteroatoms. The molecule has 0 amide bonds. The maximum absolute atomic E-state index is 11.5. The summed E-state index contributed by atoms with van der Waals surface area (Å²) in [5.41, 5.74) is 4.37. The van der Waals surface area contributed by atoms with Crippen molar-refractivity contribution in [3.05, 3.63) is 70.8 Å². The van der Waals surface area contributed by atoms with Gasteiger partial charge in [-0.3, -0.25) is 4.90 Å². The molecule has 2 atom stereocenters. The molecule has 0 aliphatic carbocycles. The highest BCUT2D eigenvalue weighted by Gasteiger charge is 2.48. The Bertz CT molecular complexity index is 710. The van der Waals surface area contributed by atoms with Gasteiger partial charge in [-0.05, 0) is 56.2 Å². The first-order valence-electron chi connectivity index (χ1n) is 9.15. The van der Waals surface area contributed by atoms with Crippen LogP contribution in [0.2, 0.25) is 0 Å². The van der Waals surface area contributed by atoms with Gasteiger partial charge >= 0.3 is 0 Å². The van der Waals surface area contributed by atoms with Gasteiger partial charge in [0.15, 0.2) is 0 Å². The fraction of sp³-hybridized carbons (Fsp3) is 0.455. The summed E-state index contributed by atoms with van der Waals surface area (Å²) in [7, 11) is 0. The van der Waals surface area contributed by atoms with Gasteiger partial charge in [0.2, 0.25) is 0 Å². The van der Waals surface area contributed by atoms with Crippen molar-refractivity contribution in [2.45, 2.75) is 63.8 Å². The summed E-state index contributed by atoms with van der Waals surface area (Å²) in [6.45, 7) is 5.27. The number of fused-ring (bicyclic) bond motifs is 2. The van der Waals surface area contributed by atoms with Gasteiger partial charge in [-0.15, -0.1) is 0 Å². The van der Waals surface area contributed by atoms with Crippen LogP contribution in [0.3, 0.4) is 0 Å². The predicted octanol–water partition coefficient (Wildman–Crippen LogP) is 4.32. The number of rotatable bonds is 3. The van der Waals surface area contributed by atoms with E-state index in [1.165, 1.54) is 29.5 Å². The van der Waals surface area contributed by atoms with Crippen LogP contribution in [0.15, 0.2) is 48.5 Å². The lowest BCUT2D eigenvalue weighted by molar-refractivity contribution is -0.0598. The Morgan fingerprint density at radius 1 is 1.00 bits per heavy atom. The normalized spacial score (nSPS) is 29.8. The van der Waals surface area contributed by atoms with Crippen molar-refractivity contribution < 1.29 is 5.11 Å². The van der Waals surface area contributed by atoms with E-state index in [-0.39, 0.29) is 0 Å². The van der Waals surface area contributed by atoms with Crippen LogP contribution in [0.4, 0.5) is 0 Å². The first-order chi connectivity index (χ1) is 11.5. The van der Waals surface area contributed by atoms with Gasteiger partial charge in [-0.1, -0.05) is 54.1 Å². The maximum Gasteiger partial charge on any atom is 0.0928 e. The quantitative estimate of drug-likeness (QED) is 0.910. The second-order valence-corrected chi connectivity index (χ2v) is 7.80. The molecule has 24 heavy (non-hydrogen) atoms. The third-order valence-electron chi connectivity index (χ3n) is 6.01. The lowest BCUT2D eigenvalue weighted by atomic mass is 9.78. The highest BCUT2D eigenvalue weighted by Crippen LogP contribution is 2.47. The fourth-order valence-electron chi connectivity index (χ4n) is 4.92. The minimum absolute atomic E-state index is 0.495. The van der Waals surface area contributed by atoms with Crippen molar-refractivity contribution in [3.63, 3.8) is 0 Å². The third-order valence-corrected chi connectivity index (χ3v) is 6.01. The van der Waals surface area contributed by atoms with E-state index in [9.17, 15) is 5.11 Å². The minimum atomic E-state index is -0.656. The van der Waals surface area contributed by atoms with Crippen molar-refractivity contribution in [3.8, 4) is 0 Å². The first-order valence-corrected chi connectivity index (χ1v) is 9.15. The average Bonchev–Trinajstić information content (AvgIpc) is 2.79. The predicted molar refractivity (Wildman–Crippen MR) is 97.8 cm³/mol. The largest absolute Gasteiger partial charge is 0.385 e. The van der Waals surface area contributed by atoms with E-state index < -0.39 is 5.60 Å². The van der Waals surface area contributed by atoms with Crippen LogP contribution in [-0.4, -0.2) is 22.1 Å². The number of hydrogen-bond acceptors (Lipinski definition) is 2. The number of nitrogens with zero attached hydrogens (tertiary/aromatic N) is 1. The minimum Gasteiger partial charge on any atom is -0.385 e. The van der Waals surface area contributed by atoms with Crippen LogP contribution in [-0.2, 0) is 12.1 Å². The van der Waals surface area contributed by atoms with Crippen molar-refractivity contribution >= 4 is 0 Å². The van der Waals surface area contributed by atoms with Crippen LogP contribution >= 0.6 is 0 Å². The van der Waals surface area contributed by atoms with E-state index >= 15 is 0 Å². The lowest BCUT2D eigenvalue weighted by Gasteiger charge is -2.44. The maximum atomic E-state index is 11.5. The zero-order chi connectivity index (χ0) is 16.7. The molecule has 2 aliphatic heterocycles. The van der Waals surface area contributed by atoms with Gasteiger partial charge in [0.05, 0.1) is 5.60 Å². The van der Waals surface area contributed by atoms with Crippen molar-refractivity contribution in [2.24, 2.45) is 0 Å². The van der Waals surface area contributed by atoms with Gasteiger partial charge in [0, 0.05) is 18.6 Å². The Hall–Kier alpha value is -1.64. The summed E-state index contributed by atoms with van der Waals surface area (Å²) in [5.74, 6) is 0. The first kappa shape index (κ1) is 15.9. The van der Waals surface area contributed by atoms with Crippen molar-refractivity contribution in [1.29, 1.82) is 0 Å². The summed E-state index contributed by atoms with van der Waals surface area (Å²) in [5, 5.41) is 11.5. The van der Waals surface area contributed by atoms with Gasteiger partial charge in [-0.25, -0.2) is 0 Å². The molecular weight excluding hydrogens is 294 g/mol. The van der Waals surface area contributed by atoms with Gasteiger partial charge in [-0.2, -0.15) is 0 Å². The zero-order valence-electron chi connectivity index (χ0n) is 14.7. The molecule has 2 saturated heterocycles. The highest BCUT2D eigenvalue weighted by molar-refractivity contribution is 5.36. The van der Waals surface area contributed by atoms with Gasteiger partial charge in [0.1, 0.15) is 0 Å². The number of aryl methyl sites for hydroxylation is 2. The Labute approximate surface area is 145 Å². The standard InChI is InChI=1S/C22H27NO/c1-16-8-11-21(17(2)12-16)22(24)13-19-9-10-20(14-22)23(19)15-18-6-4-3-5-7-18/h3-8,11-12,19-20,24H,9-10,13-15H2,1-2H3. The SMILES string of the molecule is Cc1ccc(C2(O)CC3CCC(C2)N3Cc2ccccc2)c(C)c1. The van der Waals surface area contributed by atoms with Crippen LogP contribution in [0.25, 0.3) is 0 Å². The Kier molecular flexibility index (Phi) is 3.98. The van der Waals surface area contributed by atoms with E-state index in [4.69, 9.17) is 0 Å². The average molecular weight is 321 g/mol. The molecule has 126 valence electrons. The molecule has 2 heterocycles. The van der Waals surface area contributed by atoms with Gasteiger partial charge < -0.3 is 5.11 Å². The van der Waals surface area contributed by atoms with Crippen LogP contribution in [0.5, 0.6) is 0 Å². The number of hydrogen-bond donors (Lipinski definition) is 1. The Morgan fingerprint density at radius 3 is 2.29 bits per heavy atom. The van der Waals surface area contributed by atoms with Crippen LogP contribution < -0.4 is 0 Å². The second-order valence-electron chi connectivity index (χ2n) is 7.80. The molecule has 4 rings (SSSR count). The second kappa shape index (κ2) is 6.02. The molecule has 0 radical (unpaired) electrons. The van der Waals surface area contributed by atoms with Crippen LogP contribution in [0, 0.1) is 13.8 Å².